The van der Waals surface area contributed by atoms with Crippen molar-refractivity contribution in [2.45, 2.75) is 38.1 Å². The van der Waals surface area contributed by atoms with Gasteiger partial charge in [-0.2, -0.15) is 4.98 Å². The monoisotopic (exact) mass is 418 g/mol. The van der Waals surface area contributed by atoms with E-state index in [1.807, 2.05) is 54.6 Å². The number of nitrogens with one attached hydrogen (secondary N) is 2. The van der Waals surface area contributed by atoms with Gasteiger partial charge >= 0.3 is 12.0 Å². The van der Waals surface area contributed by atoms with E-state index in [1.54, 1.807) is 4.90 Å². The maximum Gasteiger partial charge on any atom is 0.329 e. The largest absolute Gasteiger partial charge is 0.423 e. The Balaban J connectivity index is 1.38. The normalized spacial score (nSPS) is 18.1. The minimum atomic E-state index is -0.242. The third-order valence-electron chi connectivity index (χ3n) is 5.85. The van der Waals surface area contributed by atoms with Crippen molar-refractivity contribution in [2.24, 2.45) is 4.99 Å². The lowest BCUT2D eigenvalue weighted by Crippen LogP contribution is -2.55. The first kappa shape index (κ1) is 19.6. The van der Waals surface area contributed by atoms with Crippen molar-refractivity contribution < 1.29 is 9.21 Å². The molecule has 1 saturated carbocycles. The van der Waals surface area contributed by atoms with Crippen LogP contribution in [0.5, 0.6) is 0 Å². The fraction of sp³-hybridized carbons (Fsp3) is 0.348. The average molecular weight is 419 g/mol. The van der Waals surface area contributed by atoms with Gasteiger partial charge in [0.25, 0.3) is 0 Å². The maximum atomic E-state index is 13.2. The molecule has 2 N–H and O–H groups in total. The lowest BCUT2D eigenvalue weighted by atomic mass is 9.94. The fourth-order valence-corrected chi connectivity index (χ4v) is 4.21. The zero-order valence-electron chi connectivity index (χ0n) is 17.3. The molecule has 0 bridgehead atoms. The van der Waals surface area contributed by atoms with Crippen LogP contribution in [-0.4, -0.2) is 46.2 Å². The molecule has 2 heterocycles. The number of rotatable bonds is 3. The molecule has 5 rings (SSSR count). The predicted octanol–water partition coefficient (Wildman–Crippen LogP) is 4.69. The molecule has 3 aromatic rings. The first-order valence-corrected chi connectivity index (χ1v) is 10.8. The zero-order valence-corrected chi connectivity index (χ0v) is 17.3. The molecule has 1 aliphatic heterocycles. The molecule has 0 radical (unpaired) electrons. The number of amides is 2. The number of carbonyl (C=O) groups is 1. The molecule has 1 fully saturated rings. The zero-order chi connectivity index (χ0) is 21.0. The van der Waals surface area contributed by atoms with Crippen molar-refractivity contribution in [2.75, 3.05) is 24.0 Å². The summed E-state index contributed by atoms with van der Waals surface area (Å²) < 4.78 is 5.79. The van der Waals surface area contributed by atoms with Gasteiger partial charge in [-0.15, -0.1) is 0 Å². The standard InChI is InChI=1S/C23H26N6O2/c30-23(25-17-9-3-1-4-10-17)29-16-28(18-11-5-2-6-12-18)15-24-21(29)27-22-26-19-13-7-8-14-20(19)31-22/h1,3-4,7-10,13-14,18H,2,5-6,11-12,15-16H2,(H,25,30)(H,24,26,27). The van der Waals surface area contributed by atoms with Crippen molar-refractivity contribution in [3.63, 3.8) is 0 Å². The summed E-state index contributed by atoms with van der Waals surface area (Å²) in [5.74, 6) is 0.437. The minimum Gasteiger partial charge on any atom is -0.423 e. The number of para-hydroxylation sites is 3. The number of fused-ring (bicyclic) bond motifs is 1. The number of aliphatic imine (C=N–C) groups is 1. The molecular weight excluding hydrogens is 392 g/mol. The molecule has 160 valence electrons. The Labute approximate surface area is 180 Å². The van der Waals surface area contributed by atoms with Gasteiger partial charge in [0.15, 0.2) is 5.58 Å². The van der Waals surface area contributed by atoms with E-state index in [2.05, 4.69) is 20.5 Å². The number of oxazole rings is 1. The molecular formula is C23H26N6O2. The highest BCUT2D eigenvalue weighted by Crippen LogP contribution is 2.25. The van der Waals surface area contributed by atoms with Gasteiger partial charge in [0.05, 0.1) is 13.3 Å². The van der Waals surface area contributed by atoms with E-state index < -0.39 is 0 Å². The van der Waals surface area contributed by atoms with Crippen LogP contribution in [0.2, 0.25) is 0 Å². The van der Waals surface area contributed by atoms with Crippen LogP contribution >= 0.6 is 0 Å². The summed E-state index contributed by atoms with van der Waals surface area (Å²) in [4.78, 5) is 26.2. The van der Waals surface area contributed by atoms with Gasteiger partial charge in [-0.1, -0.05) is 49.6 Å². The smallest absolute Gasteiger partial charge is 0.329 e. The van der Waals surface area contributed by atoms with Crippen LogP contribution < -0.4 is 10.6 Å². The van der Waals surface area contributed by atoms with Crippen molar-refractivity contribution >= 4 is 34.8 Å². The van der Waals surface area contributed by atoms with Gasteiger partial charge in [-0.25, -0.2) is 9.79 Å². The molecule has 0 spiro atoms. The van der Waals surface area contributed by atoms with Crippen LogP contribution in [0.25, 0.3) is 11.1 Å². The van der Waals surface area contributed by atoms with E-state index in [4.69, 9.17) is 9.41 Å². The summed E-state index contributed by atoms with van der Waals surface area (Å²) in [5.41, 5.74) is 2.18. The number of hydrogen-bond donors (Lipinski definition) is 2. The second kappa shape index (κ2) is 8.77. The number of benzene rings is 2. The van der Waals surface area contributed by atoms with Gasteiger partial charge in [0.2, 0.25) is 5.96 Å². The van der Waals surface area contributed by atoms with Crippen molar-refractivity contribution in [3.8, 4) is 0 Å². The Morgan fingerprint density at radius 2 is 1.77 bits per heavy atom. The van der Waals surface area contributed by atoms with Gasteiger partial charge in [-0.3, -0.25) is 15.1 Å². The summed E-state index contributed by atoms with van der Waals surface area (Å²) >= 11 is 0. The molecule has 8 nitrogen and oxygen atoms in total. The highest BCUT2D eigenvalue weighted by atomic mass is 16.4. The van der Waals surface area contributed by atoms with Gasteiger partial charge in [-0.05, 0) is 37.1 Å². The highest BCUT2D eigenvalue weighted by Gasteiger charge is 2.31. The lowest BCUT2D eigenvalue weighted by Gasteiger charge is -2.39. The molecule has 2 aliphatic rings. The fourth-order valence-electron chi connectivity index (χ4n) is 4.21. The van der Waals surface area contributed by atoms with E-state index in [-0.39, 0.29) is 6.03 Å². The SMILES string of the molecule is O=C(Nc1ccccc1)N1CN(C2CCCCC2)CN=C1Nc1nc2ccccc2o1. The summed E-state index contributed by atoms with van der Waals surface area (Å²) in [6, 6.07) is 17.5. The van der Waals surface area contributed by atoms with Gasteiger partial charge in [0, 0.05) is 11.7 Å². The minimum absolute atomic E-state index is 0.242. The van der Waals surface area contributed by atoms with E-state index in [1.165, 1.54) is 19.3 Å². The summed E-state index contributed by atoms with van der Waals surface area (Å²) in [5, 5.41) is 6.09. The van der Waals surface area contributed by atoms with Gasteiger partial charge < -0.3 is 9.73 Å². The molecule has 2 amide bonds. The quantitative estimate of drug-likeness (QED) is 0.644. The Morgan fingerprint density at radius 3 is 2.58 bits per heavy atom. The Morgan fingerprint density at radius 1 is 1.00 bits per heavy atom. The lowest BCUT2D eigenvalue weighted by molar-refractivity contribution is 0.109. The van der Waals surface area contributed by atoms with E-state index in [9.17, 15) is 4.79 Å². The first-order valence-electron chi connectivity index (χ1n) is 10.8. The van der Waals surface area contributed by atoms with Gasteiger partial charge in [0.1, 0.15) is 5.52 Å². The Kier molecular flexibility index (Phi) is 5.54. The van der Waals surface area contributed by atoms with Crippen LogP contribution in [0.4, 0.5) is 16.5 Å². The summed E-state index contributed by atoms with van der Waals surface area (Å²) in [7, 11) is 0. The number of guanidine groups is 1. The van der Waals surface area contributed by atoms with Crippen LogP contribution in [0.15, 0.2) is 64.0 Å². The topological polar surface area (TPSA) is 86.0 Å². The van der Waals surface area contributed by atoms with Crippen molar-refractivity contribution in [1.82, 2.24) is 14.8 Å². The summed E-state index contributed by atoms with van der Waals surface area (Å²) in [6.07, 6.45) is 6.05. The maximum absolute atomic E-state index is 13.2. The molecule has 31 heavy (non-hydrogen) atoms. The first-order chi connectivity index (χ1) is 15.3. The molecule has 2 aromatic carbocycles. The van der Waals surface area contributed by atoms with Crippen LogP contribution in [0, 0.1) is 0 Å². The molecule has 0 atom stereocenters. The highest BCUT2D eigenvalue weighted by molar-refractivity contribution is 6.07. The van der Waals surface area contributed by atoms with Crippen molar-refractivity contribution in [3.05, 3.63) is 54.6 Å². The van der Waals surface area contributed by atoms with Crippen LogP contribution in [0.1, 0.15) is 32.1 Å². The average Bonchev–Trinajstić information content (AvgIpc) is 3.23. The summed E-state index contributed by atoms with van der Waals surface area (Å²) in [6.45, 7) is 1.01. The van der Waals surface area contributed by atoms with Crippen LogP contribution in [0.3, 0.4) is 0 Å². The molecule has 0 unspecified atom stereocenters. The van der Waals surface area contributed by atoms with Crippen molar-refractivity contribution in [1.29, 1.82) is 0 Å². The predicted molar refractivity (Wildman–Crippen MR) is 121 cm³/mol. The Hall–Kier alpha value is -3.39. The van der Waals surface area contributed by atoms with E-state index in [0.717, 1.165) is 24.0 Å². The Bertz CT molecular complexity index is 1040. The van der Waals surface area contributed by atoms with E-state index in [0.29, 0.717) is 36.9 Å². The number of hydrogen-bond acceptors (Lipinski definition) is 6. The molecule has 8 heteroatoms. The number of urea groups is 1. The second-order valence-electron chi connectivity index (χ2n) is 7.98. The second-order valence-corrected chi connectivity index (χ2v) is 7.98. The molecule has 0 saturated heterocycles. The molecule has 1 aromatic heterocycles. The van der Waals surface area contributed by atoms with Crippen LogP contribution in [-0.2, 0) is 0 Å². The number of anilines is 2. The number of nitrogens with zero attached hydrogens (tertiary/aromatic N) is 4. The molecule has 1 aliphatic carbocycles. The number of aromatic nitrogens is 1. The third kappa shape index (κ3) is 4.39. The third-order valence-corrected chi connectivity index (χ3v) is 5.85. The number of carbonyl (C=O) groups excluding carboxylic acids is 1. The van der Waals surface area contributed by atoms with E-state index >= 15 is 0 Å².